The number of aromatic nitrogens is 2. The Labute approximate surface area is 97.8 Å². The fraction of sp³-hybridized carbons (Fsp3) is 0.417. The van der Waals surface area contributed by atoms with Crippen molar-refractivity contribution in [2.24, 2.45) is 0 Å². The molecule has 3 nitrogen and oxygen atoms in total. The van der Waals surface area contributed by atoms with E-state index < -0.39 is 13.0 Å². The highest BCUT2D eigenvalue weighted by Crippen LogP contribution is 2.15. The topological polar surface area (TPSA) is 37.9 Å². The smallest absolute Gasteiger partial charge is 0.261 e. The maximum absolute atomic E-state index is 11.8. The van der Waals surface area contributed by atoms with E-state index in [0.717, 1.165) is 22.4 Å². The van der Waals surface area contributed by atoms with Crippen molar-refractivity contribution >= 4 is 11.0 Å². The van der Waals surface area contributed by atoms with Gasteiger partial charge in [0.15, 0.2) is 0 Å². The van der Waals surface area contributed by atoms with Gasteiger partial charge in [-0.2, -0.15) is 0 Å². The van der Waals surface area contributed by atoms with Gasteiger partial charge in [-0.05, 0) is 18.6 Å². The Kier molecular flexibility index (Phi) is 3.68. The number of rotatable bonds is 5. The molecule has 1 aromatic heterocycles. The summed E-state index contributed by atoms with van der Waals surface area (Å²) in [5.74, 6) is 0.767. The van der Waals surface area contributed by atoms with Gasteiger partial charge >= 0.3 is 0 Å². The van der Waals surface area contributed by atoms with Crippen molar-refractivity contribution in [3.8, 4) is 0 Å². The first-order valence-electron chi connectivity index (χ1n) is 5.47. The summed E-state index contributed by atoms with van der Waals surface area (Å²) < 4.78 is 28.5. The van der Waals surface area contributed by atoms with E-state index in [0.29, 0.717) is 6.42 Å². The van der Waals surface area contributed by atoms with Gasteiger partial charge in [0.1, 0.15) is 12.4 Å². The Balaban J connectivity index is 1.98. The van der Waals surface area contributed by atoms with Crippen molar-refractivity contribution in [1.29, 1.82) is 0 Å². The van der Waals surface area contributed by atoms with Crippen LogP contribution in [0.25, 0.3) is 11.0 Å². The zero-order valence-corrected chi connectivity index (χ0v) is 9.54. The second kappa shape index (κ2) is 5.23. The number of H-pyrrole nitrogens is 1. The normalized spacial score (nSPS) is 11.5. The highest BCUT2D eigenvalue weighted by Gasteiger charge is 2.06. The van der Waals surface area contributed by atoms with E-state index in [-0.39, 0.29) is 6.61 Å². The Morgan fingerprint density at radius 1 is 1.41 bits per heavy atom. The van der Waals surface area contributed by atoms with Gasteiger partial charge in [-0.1, -0.05) is 12.1 Å². The van der Waals surface area contributed by atoms with E-state index in [1.165, 1.54) is 0 Å². The summed E-state index contributed by atoms with van der Waals surface area (Å²) >= 11 is 0. The number of benzene rings is 1. The highest BCUT2D eigenvalue weighted by atomic mass is 19.3. The molecule has 0 amide bonds. The van der Waals surface area contributed by atoms with Crippen LogP contribution in [0.1, 0.15) is 11.4 Å². The van der Waals surface area contributed by atoms with Crippen LogP contribution in [0, 0.1) is 6.92 Å². The summed E-state index contributed by atoms with van der Waals surface area (Å²) in [6.45, 7) is 1.72. The van der Waals surface area contributed by atoms with Crippen molar-refractivity contribution in [1.82, 2.24) is 9.97 Å². The zero-order valence-electron chi connectivity index (χ0n) is 9.54. The Hall–Kier alpha value is -1.49. The molecule has 2 rings (SSSR count). The number of nitrogens with one attached hydrogen (secondary N) is 1. The number of aromatic amines is 1. The number of imidazole rings is 1. The van der Waals surface area contributed by atoms with E-state index in [2.05, 4.69) is 9.97 Å². The predicted octanol–water partition coefficient (Wildman–Crippen LogP) is 2.70. The number of ether oxygens (including phenoxy) is 1. The number of fused-ring (bicyclic) bond motifs is 1. The molecule has 0 aliphatic carbocycles. The molecule has 0 saturated carbocycles. The molecule has 0 spiro atoms. The van der Waals surface area contributed by atoms with Crippen LogP contribution in [0.2, 0.25) is 0 Å². The maximum atomic E-state index is 11.8. The number of halogens is 2. The lowest BCUT2D eigenvalue weighted by atomic mass is 10.2. The SMILES string of the molecule is Cc1cccc2[nH]c(CCOCC(F)F)nc12. The number of hydrogen-bond donors (Lipinski definition) is 1. The van der Waals surface area contributed by atoms with E-state index in [4.69, 9.17) is 4.74 Å². The van der Waals surface area contributed by atoms with Crippen LogP contribution < -0.4 is 0 Å². The second-order valence-corrected chi connectivity index (χ2v) is 3.87. The van der Waals surface area contributed by atoms with Crippen LogP contribution in [-0.4, -0.2) is 29.6 Å². The maximum Gasteiger partial charge on any atom is 0.261 e. The molecule has 0 radical (unpaired) electrons. The van der Waals surface area contributed by atoms with Crippen LogP contribution in [-0.2, 0) is 11.2 Å². The molecule has 0 aliphatic heterocycles. The summed E-state index contributed by atoms with van der Waals surface area (Å²) in [5.41, 5.74) is 2.99. The quantitative estimate of drug-likeness (QED) is 0.816. The zero-order chi connectivity index (χ0) is 12.3. The van der Waals surface area contributed by atoms with Crippen LogP contribution in [0.4, 0.5) is 8.78 Å². The van der Waals surface area contributed by atoms with Gasteiger partial charge in [-0.3, -0.25) is 0 Å². The van der Waals surface area contributed by atoms with E-state index in [1.54, 1.807) is 0 Å². The van der Waals surface area contributed by atoms with Gasteiger partial charge < -0.3 is 9.72 Å². The molecule has 0 aliphatic rings. The van der Waals surface area contributed by atoms with Gasteiger partial charge in [0, 0.05) is 6.42 Å². The van der Waals surface area contributed by atoms with E-state index in [9.17, 15) is 8.78 Å². The molecule has 0 fully saturated rings. The van der Waals surface area contributed by atoms with Crippen molar-refractivity contribution in [3.05, 3.63) is 29.6 Å². The average Bonchev–Trinajstić information content (AvgIpc) is 2.69. The number of aryl methyl sites for hydroxylation is 1. The molecule has 17 heavy (non-hydrogen) atoms. The van der Waals surface area contributed by atoms with Crippen molar-refractivity contribution < 1.29 is 13.5 Å². The molecule has 0 bridgehead atoms. The molecular weight excluding hydrogens is 226 g/mol. The molecular formula is C12H14F2N2O. The minimum absolute atomic E-state index is 0.253. The molecule has 0 atom stereocenters. The van der Waals surface area contributed by atoms with Gasteiger partial charge in [0.25, 0.3) is 6.43 Å². The third kappa shape index (κ3) is 3.00. The van der Waals surface area contributed by atoms with Crippen LogP contribution in [0.3, 0.4) is 0 Å². The fourth-order valence-electron chi connectivity index (χ4n) is 1.69. The fourth-order valence-corrected chi connectivity index (χ4v) is 1.69. The number of nitrogens with zero attached hydrogens (tertiary/aromatic N) is 1. The summed E-state index contributed by atoms with van der Waals surface area (Å²) in [5, 5.41) is 0. The summed E-state index contributed by atoms with van der Waals surface area (Å²) in [6.07, 6.45) is -1.89. The second-order valence-electron chi connectivity index (χ2n) is 3.87. The Morgan fingerprint density at radius 3 is 2.94 bits per heavy atom. The number of para-hydroxylation sites is 1. The average molecular weight is 240 g/mol. The number of hydrogen-bond acceptors (Lipinski definition) is 2. The highest BCUT2D eigenvalue weighted by molar-refractivity contribution is 5.78. The minimum Gasteiger partial charge on any atom is -0.375 e. The first kappa shape index (κ1) is 12.0. The first-order chi connectivity index (χ1) is 8.16. The molecule has 1 N–H and O–H groups in total. The molecule has 0 unspecified atom stereocenters. The van der Waals surface area contributed by atoms with Gasteiger partial charge in [-0.15, -0.1) is 0 Å². The first-order valence-corrected chi connectivity index (χ1v) is 5.47. The summed E-state index contributed by atoms with van der Waals surface area (Å²) in [4.78, 5) is 7.55. The standard InChI is InChI=1S/C12H14F2N2O/c1-8-3-2-4-9-12(8)16-11(15-9)5-6-17-7-10(13)14/h2-4,10H,5-7H2,1H3,(H,15,16). The molecule has 5 heteroatoms. The van der Waals surface area contributed by atoms with Crippen LogP contribution in [0.15, 0.2) is 18.2 Å². The van der Waals surface area contributed by atoms with Crippen molar-refractivity contribution in [2.45, 2.75) is 19.8 Å². The van der Waals surface area contributed by atoms with E-state index in [1.807, 2.05) is 25.1 Å². The minimum atomic E-state index is -2.41. The van der Waals surface area contributed by atoms with Crippen LogP contribution in [0.5, 0.6) is 0 Å². The van der Waals surface area contributed by atoms with Gasteiger partial charge in [0.05, 0.1) is 17.6 Å². The lowest BCUT2D eigenvalue weighted by Gasteiger charge is -2.00. The Bertz CT molecular complexity index is 496. The monoisotopic (exact) mass is 240 g/mol. The van der Waals surface area contributed by atoms with Crippen LogP contribution >= 0.6 is 0 Å². The summed E-state index contributed by atoms with van der Waals surface area (Å²) in [6, 6.07) is 5.88. The van der Waals surface area contributed by atoms with Gasteiger partial charge in [0.2, 0.25) is 0 Å². The molecule has 92 valence electrons. The predicted molar refractivity (Wildman–Crippen MR) is 61.4 cm³/mol. The van der Waals surface area contributed by atoms with Crippen molar-refractivity contribution in [2.75, 3.05) is 13.2 Å². The lowest BCUT2D eigenvalue weighted by Crippen LogP contribution is -2.07. The Morgan fingerprint density at radius 2 is 2.24 bits per heavy atom. The van der Waals surface area contributed by atoms with Gasteiger partial charge in [-0.25, -0.2) is 13.8 Å². The van der Waals surface area contributed by atoms with E-state index >= 15 is 0 Å². The molecule has 1 aromatic carbocycles. The van der Waals surface area contributed by atoms with Crippen molar-refractivity contribution in [3.63, 3.8) is 0 Å². The summed E-state index contributed by atoms with van der Waals surface area (Å²) in [7, 11) is 0. The largest absolute Gasteiger partial charge is 0.375 e. The molecule has 1 heterocycles. The molecule has 2 aromatic rings. The number of alkyl halides is 2. The third-order valence-corrected chi connectivity index (χ3v) is 2.49. The molecule has 0 saturated heterocycles. The lowest BCUT2D eigenvalue weighted by molar-refractivity contribution is 0.0183. The third-order valence-electron chi connectivity index (χ3n) is 2.49.